The summed E-state index contributed by atoms with van der Waals surface area (Å²) in [6, 6.07) is 2.57. The second-order valence-corrected chi connectivity index (χ2v) is 13.5. The van der Waals surface area contributed by atoms with Gasteiger partial charge in [0.05, 0.1) is 41.7 Å². The molecule has 4 rings (SSSR count). The van der Waals surface area contributed by atoms with E-state index >= 15 is 0 Å². The summed E-state index contributed by atoms with van der Waals surface area (Å²) in [6.07, 6.45) is 10.8. The molecule has 0 aliphatic heterocycles. The number of aryl methyl sites for hydroxylation is 1. The number of anilines is 5. The SMILES string of the molecule is Cc1cc(N)c(OC(=O)C(=O)Oc2c(N)cc(N)c(N)c2C(=O)OCCC(C)CC2CCC2)c(C(=O)OCCC(C)CC2CCC2)c1N. The fraction of sp³-hybridized carbons (Fsp3) is 0.543. The lowest BCUT2D eigenvalue weighted by molar-refractivity contribution is -0.156. The highest BCUT2D eigenvalue weighted by Crippen LogP contribution is 2.39. The Morgan fingerprint density at radius 2 is 1.08 bits per heavy atom. The van der Waals surface area contributed by atoms with Crippen LogP contribution < -0.4 is 38.1 Å². The smallest absolute Gasteiger partial charge is 0.423 e. The second-order valence-electron chi connectivity index (χ2n) is 13.5. The lowest BCUT2D eigenvalue weighted by atomic mass is 9.79. The van der Waals surface area contributed by atoms with Gasteiger partial charge in [0.2, 0.25) is 0 Å². The predicted molar refractivity (Wildman–Crippen MR) is 183 cm³/mol. The summed E-state index contributed by atoms with van der Waals surface area (Å²) in [6.45, 7) is 6.02. The Hall–Kier alpha value is -4.68. The summed E-state index contributed by atoms with van der Waals surface area (Å²) in [5.74, 6) is -3.84. The molecule has 48 heavy (non-hydrogen) atoms. The molecule has 2 unspecified atom stereocenters. The molecule has 2 fully saturated rings. The van der Waals surface area contributed by atoms with Gasteiger partial charge in [-0.15, -0.1) is 0 Å². The van der Waals surface area contributed by atoms with Gasteiger partial charge in [-0.2, -0.15) is 0 Å². The first kappa shape index (κ1) is 36.2. The topological polar surface area (TPSA) is 235 Å². The number of ether oxygens (including phenoxy) is 4. The third-order valence-corrected chi connectivity index (χ3v) is 9.51. The fourth-order valence-electron chi connectivity index (χ4n) is 6.14. The van der Waals surface area contributed by atoms with Crippen molar-refractivity contribution in [3.05, 3.63) is 28.8 Å². The third-order valence-electron chi connectivity index (χ3n) is 9.51. The van der Waals surface area contributed by atoms with Crippen LogP contribution in [0.3, 0.4) is 0 Å². The second kappa shape index (κ2) is 15.9. The molecular formula is C35H49N5O8. The molecule has 0 heterocycles. The summed E-state index contributed by atoms with van der Waals surface area (Å²) >= 11 is 0. The summed E-state index contributed by atoms with van der Waals surface area (Å²) in [7, 11) is 0. The number of nitrogens with two attached hydrogens (primary N) is 5. The molecule has 2 saturated carbocycles. The van der Waals surface area contributed by atoms with Gasteiger partial charge in [-0.25, -0.2) is 19.2 Å². The van der Waals surface area contributed by atoms with Crippen molar-refractivity contribution in [3.63, 3.8) is 0 Å². The van der Waals surface area contributed by atoms with E-state index in [1.807, 2.05) is 0 Å². The number of rotatable bonds is 14. The van der Waals surface area contributed by atoms with Crippen LogP contribution in [0.1, 0.15) is 104 Å². The molecule has 10 N–H and O–H groups in total. The average Bonchev–Trinajstić information content (AvgIpc) is 2.98. The van der Waals surface area contributed by atoms with Crippen molar-refractivity contribution in [1.82, 2.24) is 0 Å². The lowest BCUT2D eigenvalue weighted by Crippen LogP contribution is -2.28. The number of carbonyl (C=O) groups excluding carboxylic acids is 4. The van der Waals surface area contributed by atoms with Gasteiger partial charge in [0.15, 0.2) is 11.5 Å². The van der Waals surface area contributed by atoms with E-state index in [0.29, 0.717) is 42.1 Å². The van der Waals surface area contributed by atoms with Gasteiger partial charge in [0.25, 0.3) is 0 Å². The number of carbonyl (C=O) groups is 4. The Morgan fingerprint density at radius 3 is 1.50 bits per heavy atom. The zero-order valence-electron chi connectivity index (χ0n) is 28.1. The summed E-state index contributed by atoms with van der Waals surface area (Å²) in [5.41, 5.74) is 29.4. The van der Waals surface area contributed by atoms with Gasteiger partial charge in [-0.05, 0) is 74.0 Å². The van der Waals surface area contributed by atoms with E-state index in [-0.39, 0.29) is 47.2 Å². The molecule has 13 nitrogen and oxygen atoms in total. The van der Waals surface area contributed by atoms with Gasteiger partial charge in [0.1, 0.15) is 11.1 Å². The first-order valence-corrected chi connectivity index (χ1v) is 16.7. The van der Waals surface area contributed by atoms with Crippen LogP contribution in [0.4, 0.5) is 28.4 Å². The maximum absolute atomic E-state index is 13.2. The number of esters is 4. The highest BCUT2D eigenvalue weighted by Gasteiger charge is 2.31. The van der Waals surface area contributed by atoms with Crippen molar-refractivity contribution in [3.8, 4) is 11.5 Å². The molecule has 2 aromatic carbocycles. The summed E-state index contributed by atoms with van der Waals surface area (Å²) in [4.78, 5) is 52.4. The lowest BCUT2D eigenvalue weighted by Gasteiger charge is -2.28. The number of hydrogen-bond donors (Lipinski definition) is 5. The van der Waals surface area contributed by atoms with Crippen LogP contribution in [0.2, 0.25) is 0 Å². The molecule has 2 atom stereocenters. The monoisotopic (exact) mass is 667 g/mol. The van der Waals surface area contributed by atoms with Crippen LogP contribution in [0.15, 0.2) is 12.1 Å². The van der Waals surface area contributed by atoms with Crippen molar-refractivity contribution in [2.75, 3.05) is 41.9 Å². The molecule has 0 bridgehead atoms. The first-order chi connectivity index (χ1) is 22.8. The van der Waals surface area contributed by atoms with E-state index in [2.05, 4.69) is 13.8 Å². The number of hydrogen-bond acceptors (Lipinski definition) is 13. The van der Waals surface area contributed by atoms with Crippen LogP contribution in [-0.2, 0) is 19.1 Å². The minimum absolute atomic E-state index is 0.0320. The van der Waals surface area contributed by atoms with E-state index in [4.69, 9.17) is 47.6 Å². The van der Waals surface area contributed by atoms with Crippen LogP contribution in [0.25, 0.3) is 0 Å². The predicted octanol–water partition coefficient (Wildman–Crippen LogP) is 5.16. The van der Waals surface area contributed by atoms with Gasteiger partial charge in [-0.1, -0.05) is 52.4 Å². The highest BCUT2D eigenvalue weighted by atomic mass is 16.6. The van der Waals surface area contributed by atoms with Gasteiger partial charge in [-0.3, -0.25) is 0 Å². The van der Waals surface area contributed by atoms with Gasteiger partial charge < -0.3 is 47.6 Å². The third kappa shape index (κ3) is 8.81. The van der Waals surface area contributed by atoms with Gasteiger partial charge in [0, 0.05) is 0 Å². The van der Waals surface area contributed by atoms with E-state index < -0.39 is 40.9 Å². The first-order valence-electron chi connectivity index (χ1n) is 16.7. The van der Waals surface area contributed by atoms with Crippen LogP contribution in [0.5, 0.6) is 11.5 Å². The van der Waals surface area contributed by atoms with E-state index in [9.17, 15) is 19.2 Å². The highest BCUT2D eigenvalue weighted by molar-refractivity contribution is 6.31. The maximum atomic E-state index is 13.2. The van der Waals surface area contributed by atoms with Crippen molar-refractivity contribution in [1.29, 1.82) is 0 Å². The Balaban J connectivity index is 1.45. The molecule has 2 aliphatic carbocycles. The Bertz CT molecular complexity index is 1420. The van der Waals surface area contributed by atoms with Crippen LogP contribution in [0, 0.1) is 30.6 Å². The molecule has 0 spiro atoms. The minimum Gasteiger partial charge on any atom is -0.462 e. The fourth-order valence-corrected chi connectivity index (χ4v) is 6.14. The molecule has 2 aliphatic rings. The molecule has 0 saturated heterocycles. The Kier molecular flexibility index (Phi) is 12.0. The minimum atomic E-state index is -1.59. The molecule has 13 heteroatoms. The number of benzene rings is 2. The van der Waals surface area contributed by atoms with Crippen molar-refractivity contribution in [2.24, 2.45) is 23.7 Å². The maximum Gasteiger partial charge on any atom is 0.423 e. The standard InChI is InChI=1S/C35H49N5O8/c1-18(14-21-6-4-7-21)10-12-45-32(41)26-28(39)20(3)16-24(37)30(26)47-34(43)35(44)48-31-25(38)17-23(36)29(40)27(31)33(42)46-13-11-19(2)15-22-8-5-9-22/h16-19,21-22H,4-15,36-40H2,1-3H3. The molecule has 0 amide bonds. The van der Waals surface area contributed by atoms with Crippen molar-refractivity contribution in [2.45, 2.75) is 85.0 Å². The summed E-state index contributed by atoms with van der Waals surface area (Å²) in [5, 5.41) is 0. The molecular weight excluding hydrogens is 618 g/mol. The molecule has 262 valence electrons. The van der Waals surface area contributed by atoms with E-state index in [0.717, 1.165) is 12.8 Å². The zero-order chi connectivity index (χ0) is 35.1. The molecule has 0 aromatic heterocycles. The molecule has 2 aromatic rings. The zero-order valence-corrected chi connectivity index (χ0v) is 28.1. The quantitative estimate of drug-likeness (QED) is 0.0758. The largest absolute Gasteiger partial charge is 0.462 e. The van der Waals surface area contributed by atoms with Crippen LogP contribution in [-0.4, -0.2) is 37.1 Å². The Labute approximate surface area is 281 Å². The van der Waals surface area contributed by atoms with Crippen molar-refractivity contribution < 1.29 is 38.1 Å². The normalized spacial score (nSPS) is 15.8. The molecule has 0 radical (unpaired) electrons. The van der Waals surface area contributed by atoms with Crippen LogP contribution >= 0.6 is 0 Å². The number of nitrogen functional groups attached to an aromatic ring is 5. The van der Waals surface area contributed by atoms with E-state index in [1.165, 1.54) is 50.7 Å². The average molecular weight is 668 g/mol. The van der Waals surface area contributed by atoms with Crippen molar-refractivity contribution >= 4 is 52.3 Å². The van der Waals surface area contributed by atoms with E-state index in [1.54, 1.807) is 6.92 Å². The Morgan fingerprint density at radius 1 is 0.667 bits per heavy atom. The summed E-state index contributed by atoms with van der Waals surface area (Å²) < 4.78 is 21.4. The van der Waals surface area contributed by atoms with Gasteiger partial charge >= 0.3 is 23.9 Å².